The average Bonchev–Trinajstić information content (AvgIpc) is 3.34. The van der Waals surface area contributed by atoms with Crippen LogP contribution in [0.2, 0.25) is 0 Å². The van der Waals surface area contributed by atoms with E-state index >= 15 is 0 Å². The number of hydrogen-bond acceptors (Lipinski definition) is 10. The first kappa shape index (κ1) is 15.4. The SMILES string of the molecule is Nc1nonc1-c1noc(-c2cc([N+](=O)[O-])nn2Cc2ccccc2)n1. The maximum absolute atomic E-state index is 11.1. The number of hydrogen-bond donors (Lipinski definition) is 1. The van der Waals surface area contributed by atoms with Crippen molar-refractivity contribution < 1.29 is 14.1 Å². The van der Waals surface area contributed by atoms with Crippen LogP contribution < -0.4 is 5.73 Å². The Balaban J connectivity index is 1.75. The highest BCUT2D eigenvalue weighted by atomic mass is 16.6. The Kier molecular flexibility index (Phi) is 3.61. The van der Waals surface area contributed by atoms with E-state index in [4.69, 9.17) is 10.3 Å². The van der Waals surface area contributed by atoms with Crippen molar-refractivity contribution in [2.45, 2.75) is 6.54 Å². The maximum Gasteiger partial charge on any atom is 0.390 e. The van der Waals surface area contributed by atoms with Crippen LogP contribution in [0.1, 0.15) is 5.56 Å². The molecule has 0 radical (unpaired) electrons. The second kappa shape index (κ2) is 6.08. The molecular weight excluding hydrogens is 344 g/mol. The summed E-state index contributed by atoms with van der Waals surface area (Å²) in [6, 6.07) is 10.6. The van der Waals surface area contributed by atoms with Crippen LogP contribution in [0.4, 0.5) is 11.6 Å². The Morgan fingerprint density at radius 1 is 1.19 bits per heavy atom. The van der Waals surface area contributed by atoms with Crippen molar-refractivity contribution in [1.29, 1.82) is 0 Å². The monoisotopic (exact) mass is 354 g/mol. The molecule has 0 aliphatic carbocycles. The predicted octanol–water partition coefficient (Wildman–Crippen LogP) is 1.52. The van der Waals surface area contributed by atoms with E-state index in [2.05, 4.69) is 30.2 Å². The molecule has 0 saturated carbocycles. The molecule has 12 nitrogen and oxygen atoms in total. The lowest BCUT2D eigenvalue weighted by molar-refractivity contribution is -0.389. The van der Waals surface area contributed by atoms with Crippen LogP contribution >= 0.6 is 0 Å². The van der Waals surface area contributed by atoms with Crippen molar-refractivity contribution >= 4 is 11.6 Å². The average molecular weight is 354 g/mol. The van der Waals surface area contributed by atoms with E-state index in [1.807, 2.05) is 30.3 Å². The van der Waals surface area contributed by atoms with Gasteiger partial charge in [0.25, 0.3) is 5.89 Å². The first-order valence-corrected chi connectivity index (χ1v) is 7.30. The van der Waals surface area contributed by atoms with Gasteiger partial charge in [-0.1, -0.05) is 35.5 Å². The highest BCUT2D eigenvalue weighted by molar-refractivity contribution is 5.63. The molecule has 26 heavy (non-hydrogen) atoms. The smallest absolute Gasteiger partial charge is 0.379 e. The third kappa shape index (κ3) is 2.75. The lowest BCUT2D eigenvalue weighted by Gasteiger charge is -2.00. The summed E-state index contributed by atoms with van der Waals surface area (Å²) in [5.74, 6) is -0.257. The van der Waals surface area contributed by atoms with Gasteiger partial charge in [0, 0.05) is 0 Å². The van der Waals surface area contributed by atoms with Crippen LogP contribution in [0.5, 0.6) is 0 Å². The summed E-state index contributed by atoms with van der Waals surface area (Å²) in [4.78, 5) is 14.7. The molecule has 4 aromatic rings. The zero-order chi connectivity index (χ0) is 18.1. The van der Waals surface area contributed by atoms with Gasteiger partial charge in [-0.2, -0.15) is 9.67 Å². The summed E-state index contributed by atoms with van der Waals surface area (Å²) in [5, 5.41) is 25.9. The molecule has 0 spiro atoms. The molecule has 0 atom stereocenters. The number of nitro groups is 1. The van der Waals surface area contributed by atoms with Crippen LogP contribution in [0.3, 0.4) is 0 Å². The molecule has 12 heteroatoms. The molecule has 3 aromatic heterocycles. The molecule has 4 rings (SSSR count). The van der Waals surface area contributed by atoms with Crippen molar-refractivity contribution in [3.63, 3.8) is 0 Å². The second-order valence-corrected chi connectivity index (χ2v) is 5.21. The molecule has 0 aliphatic heterocycles. The minimum Gasteiger partial charge on any atom is -0.379 e. The number of nitrogens with zero attached hydrogens (tertiary/aromatic N) is 7. The number of aromatic nitrogens is 6. The zero-order valence-corrected chi connectivity index (χ0v) is 13.0. The third-order valence-corrected chi connectivity index (χ3v) is 3.50. The number of rotatable bonds is 5. The topological polar surface area (TPSA) is 165 Å². The minimum absolute atomic E-state index is 0.00104. The second-order valence-electron chi connectivity index (χ2n) is 5.21. The number of nitrogens with two attached hydrogens (primary N) is 1. The largest absolute Gasteiger partial charge is 0.390 e. The van der Waals surface area contributed by atoms with Crippen molar-refractivity contribution in [3.05, 3.63) is 52.1 Å². The van der Waals surface area contributed by atoms with Crippen molar-refractivity contribution in [2.24, 2.45) is 0 Å². The molecule has 3 heterocycles. The van der Waals surface area contributed by atoms with Crippen LogP contribution in [0.15, 0.2) is 45.6 Å². The van der Waals surface area contributed by atoms with Crippen LogP contribution in [0, 0.1) is 10.1 Å². The highest BCUT2D eigenvalue weighted by Crippen LogP contribution is 2.26. The van der Waals surface area contributed by atoms with Gasteiger partial charge >= 0.3 is 5.82 Å². The van der Waals surface area contributed by atoms with E-state index < -0.39 is 4.92 Å². The zero-order valence-electron chi connectivity index (χ0n) is 13.0. The molecule has 0 bridgehead atoms. The predicted molar refractivity (Wildman–Crippen MR) is 85.4 cm³/mol. The van der Waals surface area contributed by atoms with Gasteiger partial charge in [-0.15, -0.1) is 0 Å². The van der Waals surface area contributed by atoms with Crippen LogP contribution in [0.25, 0.3) is 23.1 Å². The van der Waals surface area contributed by atoms with E-state index in [0.29, 0.717) is 0 Å². The summed E-state index contributed by atoms with van der Waals surface area (Å²) in [6.07, 6.45) is 0. The van der Waals surface area contributed by atoms with Crippen molar-refractivity contribution in [1.82, 2.24) is 30.2 Å². The van der Waals surface area contributed by atoms with Crippen LogP contribution in [-0.4, -0.2) is 35.2 Å². The lowest BCUT2D eigenvalue weighted by atomic mass is 10.2. The number of anilines is 1. The van der Waals surface area contributed by atoms with Crippen molar-refractivity contribution in [2.75, 3.05) is 5.73 Å². The summed E-state index contributed by atoms with van der Waals surface area (Å²) >= 11 is 0. The molecule has 0 amide bonds. The fraction of sp³-hybridized carbons (Fsp3) is 0.0714. The standard InChI is InChI=1S/C14H10N8O4/c15-12-11(18-26-19-12)13-16-14(25-20-13)9-6-10(22(23)24)17-21(9)7-8-4-2-1-3-5-8/h1-6H,7H2,(H2,15,19). The van der Waals surface area contributed by atoms with Gasteiger partial charge in [0.1, 0.15) is 0 Å². The van der Waals surface area contributed by atoms with Crippen molar-refractivity contribution in [3.8, 4) is 23.1 Å². The van der Waals surface area contributed by atoms with E-state index in [0.717, 1.165) is 5.56 Å². The Hall–Kier alpha value is -4.09. The molecule has 0 saturated heterocycles. The minimum atomic E-state index is -0.595. The van der Waals surface area contributed by atoms with Gasteiger partial charge in [0.05, 0.1) is 17.7 Å². The summed E-state index contributed by atoms with van der Waals surface area (Å²) in [5.41, 5.74) is 6.90. The fourth-order valence-electron chi connectivity index (χ4n) is 2.32. The van der Waals surface area contributed by atoms with Gasteiger partial charge in [0.15, 0.2) is 17.2 Å². The van der Waals surface area contributed by atoms with E-state index in [1.165, 1.54) is 10.7 Å². The highest BCUT2D eigenvalue weighted by Gasteiger charge is 2.25. The van der Waals surface area contributed by atoms with Gasteiger partial charge in [-0.05, 0) is 20.8 Å². The van der Waals surface area contributed by atoms with Gasteiger partial charge in [-0.25, -0.2) is 4.63 Å². The Bertz CT molecular complexity index is 1070. The fourth-order valence-corrected chi connectivity index (χ4v) is 2.32. The molecule has 2 N–H and O–H groups in total. The summed E-state index contributed by atoms with van der Waals surface area (Å²) in [6.45, 7) is 0.287. The van der Waals surface area contributed by atoms with E-state index in [9.17, 15) is 10.1 Å². The summed E-state index contributed by atoms with van der Waals surface area (Å²) in [7, 11) is 0. The Labute approximate surface area is 144 Å². The molecule has 130 valence electrons. The molecular formula is C14H10N8O4. The Morgan fingerprint density at radius 3 is 2.69 bits per heavy atom. The lowest BCUT2D eigenvalue weighted by Crippen LogP contribution is -2.04. The molecule has 0 fully saturated rings. The molecule has 0 aliphatic rings. The van der Waals surface area contributed by atoms with Gasteiger partial charge in [-0.3, -0.25) is 0 Å². The summed E-state index contributed by atoms with van der Waals surface area (Å²) < 4.78 is 11.1. The molecule has 1 aromatic carbocycles. The normalized spacial score (nSPS) is 10.9. The van der Waals surface area contributed by atoms with Gasteiger partial charge in [0.2, 0.25) is 5.82 Å². The van der Waals surface area contributed by atoms with Crippen LogP contribution in [-0.2, 0) is 6.54 Å². The third-order valence-electron chi connectivity index (χ3n) is 3.50. The quantitative estimate of drug-likeness (QED) is 0.410. The maximum atomic E-state index is 11.1. The first-order chi connectivity index (χ1) is 12.6. The first-order valence-electron chi connectivity index (χ1n) is 7.30. The van der Waals surface area contributed by atoms with Gasteiger partial charge < -0.3 is 20.4 Å². The van der Waals surface area contributed by atoms with E-state index in [-0.39, 0.29) is 41.3 Å². The Morgan fingerprint density at radius 2 is 2.00 bits per heavy atom. The van der Waals surface area contributed by atoms with E-state index in [1.54, 1.807) is 0 Å². The molecule has 0 unspecified atom stereocenters. The number of nitrogen functional groups attached to an aromatic ring is 1. The number of benzene rings is 1.